The molecular weight excluding hydrogens is 564 g/mol. The van der Waals surface area contributed by atoms with Crippen molar-refractivity contribution >= 4 is 35.6 Å². The molecule has 43 heavy (non-hydrogen) atoms. The number of carbonyl (C=O) groups is 6. The molecule has 1 aromatic carbocycles. The number of phenols is 1. The standard InChI is InChI=1S/C28H42N6O9/c1-16(31-25(39)19(30)5-2-3-13-29)24(38)33-21(15-17-7-9-18(35)10-8-17)27(41)34-14-4-6-22(34)26(40)32-20(28(42)43)11-12-23(36)37/h7-10,16,19-22,35H,2-6,11-15,29-30H2,1H3,(H,31,39)(H,32,40)(H,33,38)(H,36,37)(H,42,43). The zero-order valence-electron chi connectivity index (χ0n) is 24.2. The molecule has 1 saturated heterocycles. The largest absolute Gasteiger partial charge is 0.508 e. The summed E-state index contributed by atoms with van der Waals surface area (Å²) in [6.07, 6.45) is 1.58. The first-order chi connectivity index (χ1) is 20.3. The number of hydrogen-bond donors (Lipinski definition) is 8. The van der Waals surface area contributed by atoms with Gasteiger partial charge in [-0.15, -0.1) is 0 Å². The van der Waals surface area contributed by atoms with E-state index in [1.165, 1.54) is 24.0 Å². The van der Waals surface area contributed by atoms with E-state index in [0.29, 0.717) is 37.8 Å². The highest BCUT2D eigenvalue weighted by Crippen LogP contribution is 2.21. The average Bonchev–Trinajstić information content (AvgIpc) is 3.45. The molecule has 15 nitrogen and oxygen atoms in total. The SMILES string of the molecule is CC(NC(=O)C(N)CCCCN)C(=O)NC(Cc1ccc(O)cc1)C(=O)N1CCCC1C(=O)NC(CCC(=O)O)C(=O)O. The maximum Gasteiger partial charge on any atom is 0.326 e. The van der Waals surface area contributed by atoms with Crippen molar-refractivity contribution < 1.29 is 44.1 Å². The molecular formula is C28H42N6O9. The summed E-state index contributed by atoms with van der Waals surface area (Å²) in [5, 5.41) is 35.5. The molecule has 1 aliphatic rings. The molecule has 4 amide bonds. The van der Waals surface area contributed by atoms with Crippen LogP contribution in [0, 0.1) is 0 Å². The lowest BCUT2D eigenvalue weighted by atomic mass is 10.0. The number of nitrogens with zero attached hydrogens (tertiary/aromatic N) is 1. The molecule has 2 rings (SSSR count). The van der Waals surface area contributed by atoms with Crippen LogP contribution in [0.1, 0.15) is 57.4 Å². The van der Waals surface area contributed by atoms with Crippen molar-refractivity contribution in [1.82, 2.24) is 20.9 Å². The molecule has 1 aromatic rings. The fourth-order valence-electron chi connectivity index (χ4n) is 4.69. The number of nitrogens with one attached hydrogen (secondary N) is 3. The van der Waals surface area contributed by atoms with Crippen molar-refractivity contribution in [2.45, 2.75) is 88.5 Å². The average molecular weight is 607 g/mol. The van der Waals surface area contributed by atoms with Crippen LogP contribution in [-0.2, 0) is 35.2 Å². The molecule has 5 atom stereocenters. The van der Waals surface area contributed by atoms with E-state index in [0.717, 1.165) is 0 Å². The van der Waals surface area contributed by atoms with Crippen LogP contribution in [0.2, 0.25) is 0 Å². The second kappa shape index (κ2) is 17.0. The van der Waals surface area contributed by atoms with Crippen molar-refractivity contribution in [3.63, 3.8) is 0 Å². The Balaban J connectivity index is 2.18. The Morgan fingerprint density at radius 2 is 1.63 bits per heavy atom. The van der Waals surface area contributed by atoms with E-state index >= 15 is 0 Å². The summed E-state index contributed by atoms with van der Waals surface area (Å²) in [7, 11) is 0. The minimum absolute atomic E-state index is 0.00181. The summed E-state index contributed by atoms with van der Waals surface area (Å²) in [5.74, 6) is -5.17. The summed E-state index contributed by atoms with van der Waals surface area (Å²) in [6.45, 7) is 2.07. The number of aromatic hydroxyl groups is 1. The van der Waals surface area contributed by atoms with Crippen LogP contribution in [-0.4, -0.2) is 99.1 Å². The zero-order valence-corrected chi connectivity index (χ0v) is 24.2. The first-order valence-electron chi connectivity index (χ1n) is 14.2. The lowest BCUT2D eigenvalue weighted by molar-refractivity contribution is -0.145. The van der Waals surface area contributed by atoms with Crippen LogP contribution in [0.4, 0.5) is 0 Å². The van der Waals surface area contributed by atoms with Gasteiger partial charge < -0.3 is 47.6 Å². The van der Waals surface area contributed by atoms with Crippen LogP contribution in [0.25, 0.3) is 0 Å². The van der Waals surface area contributed by atoms with Gasteiger partial charge in [-0.2, -0.15) is 0 Å². The quantitative estimate of drug-likeness (QED) is 0.0978. The number of amides is 4. The minimum atomic E-state index is -1.46. The number of carbonyl (C=O) groups excluding carboxylic acids is 4. The Kier molecular flexibility index (Phi) is 13.8. The van der Waals surface area contributed by atoms with Gasteiger partial charge in [0.15, 0.2) is 0 Å². The molecule has 238 valence electrons. The molecule has 0 bridgehead atoms. The summed E-state index contributed by atoms with van der Waals surface area (Å²) in [4.78, 5) is 76.1. The number of benzene rings is 1. The van der Waals surface area contributed by atoms with Gasteiger partial charge in [-0.3, -0.25) is 24.0 Å². The number of carboxylic acid groups (broad SMARTS) is 2. The topological polar surface area (TPSA) is 254 Å². The molecule has 0 aliphatic carbocycles. The van der Waals surface area contributed by atoms with E-state index in [-0.39, 0.29) is 31.6 Å². The first-order valence-corrected chi connectivity index (χ1v) is 14.2. The molecule has 1 heterocycles. The number of nitrogens with two attached hydrogens (primary N) is 2. The molecule has 10 N–H and O–H groups in total. The van der Waals surface area contributed by atoms with Crippen LogP contribution in [0.15, 0.2) is 24.3 Å². The monoisotopic (exact) mass is 606 g/mol. The van der Waals surface area contributed by atoms with Gasteiger partial charge in [-0.05, 0) is 63.3 Å². The third kappa shape index (κ3) is 11.2. The summed E-state index contributed by atoms with van der Waals surface area (Å²) >= 11 is 0. The lowest BCUT2D eigenvalue weighted by Crippen LogP contribution is -2.58. The lowest BCUT2D eigenvalue weighted by Gasteiger charge is -2.30. The smallest absolute Gasteiger partial charge is 0.326 e. The normalized spacial score (nSPS) is 17.3. The Bertz CT molecular complexity index is 1150. The van der Waals surface area contributed by atoms with Gasteiger partial charge in [0.2, 0.25) is 23.6 Å². The van der Waals surface area contributed by atoms with E-state index < -0.39 is 72.2 Å². The van der Waals surface area contributed by atoms with Crippen molar-refractivity contribution in [3.8, 4) is 5.75 Å². The maximum absolute atomic E-state index is 13.8. The fraction of sp³-hybridized carbons (Fsp3) is 0.571. The van der Waals surface area contributed by atoms with Gasteiger partial charge in [-0.1, -0.05) is 18.6 Å². The summed E-state index contributed by atoms with van der Waals surface area (Å²) in [6, 6.07) is 0.415. The van der Waals surface area contributed by atoms with Gasteiger partial charge in [0.25, 0.3) is 0 Å². The molecule has 5 unspecified atom stereocenters. The number of likely N-dealkylation sites (tertiary alicyclic amines) is 1. The predicted octanol–water partition coefficient (Wildman–Crippen LogP) is -1.19. The highest BCUT2D eigenvalue weighted by molar-refractivity contribution is 5.95. The van der Waals surface area contributed by atoms with Crippen LogP contribution < -0.4 is 27.4 Å². The molecule has 1 fully saturated rings. The van der Waals surface area contributed by atoms with Crippen molar-refractivity contribution in [2.24, 2.45) is 11.5 Å². The highest BCUT2D eigenvalue weighted by atomic mass is 16.4. The second-order valence-electron chi connectivity index (χ2n) is 10.6. The Labute approximate surface area is 249 Å². The molecule has 0 aromatic heterocycles. The van der Waals surface area contributed by atoms with Crippen LogP contribution >= 0.6 is 0 Å². The van der Waals surface area contributed by atoms with Crippen LogP contribution in [0.3, 0.4) is 0 Å². The van der Waals surface area contributed by atoms with Crippen LogP contribution in [0.5, 0.6) is 5.75 Å². The molecule has 0 radical (unpaired) electrons. The molecule has 0 saturated carbocycles. The van der Waals surface area contributed by atoms with E-state index in [4.69, 9.17) is 16.6 Å². The number of phenolic OH excluding ortho intramolecular Hbond substituents is 1. The number of unbranched alkanes of at least 4 members (excludes halogenated alkanes) is 1. The number of hydrogen-bond acceptors (Lipinski definition) is 9. The molecule has 15 heteroatoms. The van der Waals surface area contributed by atoms with Gasteiger partial charge >= 0.3 is 11.9 Å². The molecule has 0 spiro atoms. The number of aliphatic carboxylic acids is 2. The number of rotatable bonds is 17. The Hall–Kier alpha value is -4.24. The first kappa shape index (κ1) is 35.0. The van der Waals surface area contributed by atoms with E-state index in [9.17, 15) is 39.0 Å². The highest BCUT2D eigenvalue weighted by Gasteiger charge is 2.39. The van der Waals surface area contributed by atoms with E-state index in [1.54, 1.807) is 12.1 Å². The Morgan fingerprint density at radius 1 is 0.953 bits per heavy atom. The van der Waals surface area contributed by atoms with E-state index in [2.05, 4.69) is 16.0 Å². The fourth-order valence-corrected chi connectivity index (χ4v) is 4.69. The summed E-state index contributed by atoms with van der Waals surface area (Å²) in [5.41, 5.74) is 12.0. The van der Waals surface area contributed by atoms with Gasteiger partial charge in [0, 0.05) is 19.4 Å². The van der Waals surface area contributed by atoms with Gasteiger partial charge in [0.1, 0.15) is 29.9 Å². The predicted molar refractivity (Wildman–Crippen MR) is 153 cm³/mol. The van der Waals surface area contributed by atoms with Crippen molar-refractivity contribution in [2.75, 3.05) is 13.1 Å². The van der Waals surface area contributed by atoms with Gasteiger partial charge in [-0.25, -0.2) is 4.79 Å². The maximum atomic E-state index is 13.8. The zero-order chi connectivity index (χ0) is 32.1. The summed E-state index contributed by atoms with van der Waals surface area (Å²) < 4.78 is 0. The van der Waals surface area contributed by atoms with Crippen molar-refractivity contribution in [3.05, 3.63) is 29.8 Å². The third-order valence-corrected chi connectivity index (χ3v) is 7.15. The third-order valence-electron chi connectivity index (χ3n) is 7.15. The minimum Gasteiger partial charge on any atom is -0.508 e. The Morgan fingerprint density at radius 3 is 2.23 bits per heavy atom. The second-order valence-corrected chi connectivity index (χ2v) is 10.6. The number of carboxylic acids is 2. The van der Waals surface area contributed by atoms with Crippen molar-refractivity contribution in [1.29, 1.82) is 0 Å². The van der Waals surface area contributed by atoms with E-state index in [1.807, 2.05) is 0 Å². The molecule has 1 aliphatic heterocycles. The van der Waals surface area contributed by atoms with Gasteiger partial charge in [0.05, 0.1) is 6.04 Å².